The van der Waals surface area contributed by atoms with E-state index in [0.29, 0.717) is 11.7 Å². The van der Waals surface area contributed by atoms with Gasteiger partial charge >= 0.3 is 0 Å². The van der Waals surface area contributed by atoms with E-state index in [1.807, 2.05) is 37.3 Å². The lowest BCUT2D eigenvalue weighted by Crippen LogP contribution is -2.38. The molecule has 3 N–H and O–H groups in total. The van der Waals surface area contributed by atoms with E-state index in [4.69, 9.17) is 11.6 Å². The predicted molar refractivity (Wildman–Crippen MR) is 111 cm³/mol. The van der Waals surface area contributed by atoms with Gasteiger partial charge in [0.25, 0.3) is 0 Å². The fourth-order valence-electron chi connectivity index (χ4n) is 2.48. The maximum Gasteiger partial charge on any atom is 0.221 e. The van der Waals surface area contributed by atoms with Gasteiger partial charge in [0.05, 0.1) is 0 Å². The molecule has 27 heavy (non-hydrogen) atoms. The van der Waals surface area contributed by atoms with Crippen molar-refractivity contribution < 1.29 is 4.79 Å². The van der Waals surface area contributed by atoms with E-state index in [1.165, 1.54) is 12.5 Å². The highest BCUT2D eigenvalue weighted by molar-refractivity contribution is 6.29. The molecule has 144 valence electrons. The molecule has 7 heteroatoms. The number of aromatic nitrogens is 1. The number of hydrogen-bond acceptors (Lipinski definition) is 3. The maximum absolute atomic E-state index is 11.0. The van der Waals surface area contributed by atoms with E-state index in [9.17, 15) is 4.79 Å². The molecule has 1 heterocycles. The Kier molecular flexibility index (Phi) is 8.58. The molecule has 0 atom stereocenters. The van der Waals surface area contributed by atoms with Gasteiger partial charge in [-0.05, 0) is 49.1 Å². The van der Waals surface area contributed by atoms with E-state index in [1.54, 1.807) is 12.3 Å². The number of carbonyl (C=O) groups is 1. The van der Waals surface area contributed by atoms with Crippen LogP contribution >= 0.6 is 11.6 Å². The second-order valence-electron chi connectivity index (χ2n) is 6.05. The first-order valence-corrected chi connectivity index (χ1v) is 9.43. The second-order valence-corrected chi connectivity index (χ2v) is 6.44. The van der Waals surface area contributed by atoms with Gasteiger partial charge in [0.2, 0.25) is 5.91 Å². The molecule has 0 spiro atoms. The van der Waals surface area contributed by atoms with Gasteiger partial charge in [0.1, 0.15) is 5.15 Å². The number of guanidine groups is 1. The van der Waals surface area contributed by atoms with Crippen molar-refractivity contribution in [3.63, 3.8) is 0 Å². The third kappa shape index (κ3) is 8.09. The lowest BCUT2D eigenvalue weighted by molar-refractivity contribution is -0.114. The lowest BCUT2D eigenvalue weighted by atomic mass is 10.1. The fourth-order valence-corrected chi connectivity index (χ4v) is 2.59. The quantitative estimate of drug-likeness (QED) is 0.369. The zero-order valence-corrected chi connectivity index (χ0v) is 16.5. The number of amides is 1. The van der Waals surface area contributed by atoms with Crippen LogP contribution in [-0.4, -0.2) is 36.5 Å². The summed E-state index contributed by atoms with van der Waals surface area (Å²) in [6, 6.07) is 11.6. The van der Waals surface area contributed by atoms with Gasteiger partial charge in [0.15, 0.2) is 5.96 Å². The van der Waals surface area contributed by atoms with Gasteiger partial charge in [-0.1, -0.05) is 29.8 Å². The SMILES string of the molecule is CCNC(=NCCc1ccc(NC(C)=O)cc1)NCCc1ccc(Cl)nc1. The Hall–Kier alpha value is -2.60. The molecular formula is C20H26ClN5O. The minimum atomic E-state index is -0.0666. The molecule has 0 aliphatic carbocycles. The number of anilines is 1. The van der Waals surface area contributed by atoms with Crippen molar-refractivity contribution in [2.45, 2.75) is 26.7 Å². The van der Waals surface area contributed by atoms with Gasteiger partial charge in [-0.3, -0.25) is 9.79 Å². The molecule has 0 radical (unpaired) electrons. The van der Waals surface area contributed by atoms with E-state index >= 15 is 0 Å². The minimum absolute atomic E-state index is 0.0666. The molecule has 0 bridgehead atoms. The molecule has 0 saturated heterocycles. The van der Waals surface area contributed by atoms with Crippen LogP contribution in [0.3, 0.4) is 0 Å². The summed E-state index contributed by atoms with van der Waals surface area (Å²) in [5.41, 5.74) is 3.11. The summed E-state index contributed by atoms with van der Waals surface area (Å²) >= 11 is 5.80. The van der Waals surface area contributed by atoms with E-state index in [-0.39, 0.29) is 5.91 Å². The Morgan fingerprint density at radius 3 is 2.44 bits per heavy atom. The number of hydrogen-bond donors (Lipinski definition) is 3. The molecular weight excluding hydrogens is 362 g/mol. The second kappa shape index (κ2) is 11.2. The van der Waals surface area contributed by atoms with Crippen molar-refractivity contribution in [1.29, 1.82) is 0 Å². The molecule has 2 rings (SSSR count). The zero-order chi connectivity index (χ0) is 19.5. The normalized spacial score (nSPS) is 11.1. The summed E-state index contributed by atoms with van der Waals surface area (Å²) in [6.45, 7) is 5.79. The number of benzene rings is 1. The number of carbonyl (C=O) groups excluding carboxylic acids is 1. The standard InChI is InChI=1S/C20H26ClN5O/c1-3-22-20(24-13-11-17-6-9-19(21)25-14-17)23-12-10-16-4-7-18(8-5-16)26-15(2)27/h4-9,14H,3,10-13H2,1-2H3,(H,26,27)(H2,22,23,24). The van der Waals surface area contributed by atoms with Crippen molar-refractivity contribution in [2.24, 2.45) is 4.99 Å². The van der Waals surface area contributed by atoms with Crippen LogP contribution in [0.15, 0.2) is 47.6 Å². The van der Waals surface area contributed by atoms with Crippen LogP contribution in [0.5, 0.6) is 0 Å². The van der Waals surface area contributed by atoms with Crippen molar-refractivity contribution >= 4 is 29.2 Å². The molecule has 6 nitrogen and oxygen atoms in total. The van der Waals surface area contributed by atoms with Crippen molar-refractivity contribution in [3.05, 3.63) is 58.9 Å². The van der Waals surface area contributed by atoms with Crippen molar-refractivity contribution in [3.8, 4) is 0 Å². The molecule has 0 saturated carbocycles. The van der Waals surface area contributed by atoms with E-state index in [0.717, 1.165) is 43.1 Å². The Morgan fingerprint density at radius 1 is 1.07 bits per heavy atom. The molecule has 1 amide bonds. The summed E-state index contributed by atoms with van der Waals surface area (Å²) < 4.78 is 0. The summed E-state index contributed by atoms with van der Waals surface area (Å²) in [5.74, 6) is 0.734. The largest absolute Gasteiger partial charge is 0.357 e. The van der Waals surface area contributed by atoms with Crippen LogP contribution in [0.25, 0.3) is 0 Å². The summed E-state index contributed by atoms with van der Waals surface area (Å²) in [5, 5.41) is 9.85. The summed E-state index contributed by atoms with van der Waals surface area (Å²) in [4.78, 5) is 19.7. The molecule has 0 unspecified atom stereocenters. The molecule has 0 fully saturated rings. The smallest absolute Gasteiger partial charge is 0.221 e. The molecule has 2 aromatic rings. The van der Waals surface area contributed by atoms with Gasteiger partial charge in [0, 0.05) is 38.4 Å². The highest BCUT2D eigenvalue weighted by Gasteiger charge is 2.00. The Balaban J connectivity index is 1.80. The molecule has 0 aliphatic rings. The fraction of sp³-hybridized carbons (Fsp3) is 0.350. The average molecular weight is 388 g/mol. The van der Waals surface area contributed by atoms with E-state index in [2.05, 4.69) is 25.9 Å². The van der Waals surface area contributed by atoms with Gasteiger partial charge in [-0.15, -0.1) is 0 Å². The van der Waals surface area contributed by atoms with Gasteiger partial charge in [-0.25, -0.2) is 4.98 Å². The van der Waals surface area contributed by atoms with Crippen LogP contribution in [0.2, 0.25) is 5.15 Å². The number of rotatable bonds is 8. The topological polar surface area (TPSA) is 78.4 Å². The first-order valence-electron chi connectivity index (χ1n) is 9.06. The average Bonchev–Trinajstić information content (AvgIpc) is 2.64. The molecule has 1 aromatic carbocycles. The predicted octanol–water partition coefficient (Wildman–Crippen LogP) is 3.03. The summed E-state index contributed by atoms with van der Waals surface area (Å²) in [6.07, 6.45) is 3.47. The van der Waals surface area contributed by atoms with Crippen LogP contribution in [0, 0.1) is 0 Å². The number of nitrogens with one attached hydrogen (secondary N) is 3. The first-order chi connectivity index (χ1) is 13.1. The first kappa shape index (κ1) is 20.7. The number of pyridine rings is 1. The summed E-state index contributed by atoms with van der Waals surface area (Å²) in [7, 11) is 0. The van der Waals surface area contributed by atoms with Crippen LogP contribution in [0.4, 0.5) is 5.69 Å². The monoisotopic (exact) mass is 387 g/mol. The highest BCUT2D eigenvalue weighted by Crippen LogP contribution is 2.10. The number of halogens is 1. The number of aliphatic imine (C=N–C) groups is 1. The lowest BCUT2D eigenvalue weighted by Gasteiger charge is -2.11. The Morgan fingerprint density at radius 2 is 1.81 bits per heavy atom. The van der Waals surface area contributed by atoms with Gasteiger partial charge in [-0.2, -0.15) is 0 Å². The zero-order valence-electron chi connectivity index (χ0n) is 15.8. The minimum Gasteiger partial charge on any atom is -0.357 e. The van der Waals surface area contributed by atoms with E-state index < -0.39 is 0 Å². The third-order valence-corrected chi connectivity index (χ3v) is 4.01. The third-order valence-electron chi connectivity index (χ3n) is 3.78. The van der Waals surface area contributed by atoms with Crippen LogP contribution in [0.1, 0.15) is 25.0 Å². The maximum atomic E-state index is 11.0. The van der Waals surface area contributed by atoms with Crippen LogP contribution < -0.4 is 16.0 Å². The molecule has 1 aromatic heterocycles. The van der Waals surface area contributed by atoms with Crippen molar-refractivity contribution in [2.75, 3.05) is 25.0 Å². The van der Waals surface area contributed by atoms with Gasteiger partial charge < -0.3 is 16.0 Å². The van der Waals surface area contributed by atoms with Crippen molar-refractivity contribution in [1.82, 2.24) is 15.6 Å². The highest BCUT2D eigenvalue weighted by atomic mass is 35.5. The Bertz CT molecular complexity index is 744. The number of nitrogens with zero attached hydrogens (tertiary/aromatic N) is 2. The Labute approximate surface area is 165 Å². The van der Waals surface area contributed by atoms with Crippen LogP contribution in [-0.2, 0) is 17.6 Å². The molecule has 0 aliphatic heterocycles.